The molecular weight excluding hydrogens is 1130 g/mol. The SMILES string of the molecule is CC[C@H](O)C(C)O[C@@H](C)CC(C)(O)/C=C/C=C(\C)[C@H]1OC(=O)C[C@H](O)CC[C@@](C)(O)[C@@H](OC(=O)N2CCN(C(=O)OCc3ccc(NC(=O)[C@H](CCCNC(N)=O)NC(=O)[C@@H](NC(=O)CCCCCN4C(=O)C=CC4=O)C(C)C)cc3)CC2)/C=C/[C@@H]1C. The number of aliphatic hydroxyl groups is 4. The first-order chi connectivity index (χ1) is 41.0. The number of carbonyl (C=O) groups is 9. The maximum Gasteiger partial charge on any atom is 0.410 e. The highest BCUT2D eigenvalue weighted by molar-refractivity contribution is 6.12. The smallest absolute Gasteiger partial charge is 0.410 e. The number of aliphatic hydroxyl groups excluding tert-OH is 2. The molecule has 9 amide bonds. The summed E-state index contributed by atoms with van der Waals surface area (Å²) in [5.41, 5.74) is 3.81. The number of imide groups is 1. The number of nitrogens with two attached hydrogens (primary N) is 1. The number of piperazine rings is 1. The van der Waals surface area contributed by atoms with Crippen LogP contribution in [-0.4, -0.2) is 188 Å². The van der Waals surface area contributed by atoms with Gasteiger partial charge in [0.05, 0.1) is 36.4 Å². The summed E-state index contributed by atoms with van der Waals surface area (Å²) in [6.07, 6.45) is 6.96. The Morgan fingerprint density at radius 1 is 0.908 bits per heavy atom. The van der Waals surface area contributed by atoms with Gasteiger partial charge >= 0.3 is 24.2 Å². The molecule has 0 spiro atoms. The number of allylic oxidation sites excluding steroid dienone is 2. The molecule has 1 saturated heterocycles. The summed E-state index contributed by atoms with van der Waals surface area (Å²) in [6, 6.07) is 3.62. The quantitative estimate of drug-likeness (QED) is 0.0139. The van der Waals surface area contributed by atoms with Gasteiger partial charge in [0.15, 0.2) is 6.10 Å². The highest BCUT2D eigenvalue weighted by atomic mass is 16.6. The number of esters is 1. The van der Waals surface area contributed by atoms with Gasteiger partial charge in [-0.2, -0.15) is 0 Å². The first kappa shape index (κ1) is 72.3. The fraction of sp³-hybridized carbons (Fsp3) is 0.629. The van der Waals surface area contributed by atoms with Gasteiger partial charge in [0.1, 0.15) is 30.4 Å². The Bertz CT molecular complexity index is 2600. The molecule has 0 radical (unpaired) electrons. The Labute approximate surface area is 510 Å². The molecule has 10 N–H and O–H groups in total. The van der Waals surface area contributed by atoms with E-state index >= 15 is 0 Å². The van der Waals surface area contributed by atoms with Crippen molar-refractivity contribution in [3.63, 3.8) is 0 Å². The number of hydrogen-bond acceptors (Lipinski definition) is 17. The highest BCUT2D eigenvalue weighted by Gasteiger charge is 2.38. The second kappa shape index (κ2) is 35.0. The third-order valence-corrected chi connectivity index (χ3v) is 15.4. The lowest BCUT2D eigenvalue weighted by Gasteiger charge is -2.37. The molecule has 1 fully saturated rings. The van der Waals surface area contributed by atoms with Crippen LogP contribution in [-0.2, 0) is 54.3 Å². The van der Waals surface area contributed by atoms with E-state index in [2.05, 4.69) is 21.3 Å². The number of primary amides is 1. The molecule has 0 saturated carbocycles. The van der Waals surface area contributed by atoms with E-state index in [9.17, 15) is 63.6 Å². The Hall–Kier alpha value is -7.19. The predicted molar refractivity (Wildman–Crippen MR) is 322 cm³/mol. The van der Waals surface area contributed by atoms with Gasteiger partial charge in [-0.15, -0.1) is 0 Å². The Kier molecular flexibility index (Phi) is 29.1. The fourth-order valence-electron chi connectivity index (χ4n) is 10.1. The van der Waals surface area contributed by atoms with Crippen molar-refractivity contribution in [1.82, 2.24) is 30.7 Å². The van der Waals surface area contributed by atoms with Crippen LogP contribution in [0.1, 0.15) is 139 Å². The van der Waals surface area contributed by atoms with Crippen LogP contribution in [0.3, 0.4) is 0 Å². The van der Waals surface area contributed by atoms with Crippen LogP contribution in [0.5, 0.6) is 0 Å². The van der Waals surface area contributed by atoms with E-state index in [-0.39, 0.29) is 121 Å². The van der Waals surface area contributed by atoms with Crippen LogP contribution < -0.4 is 27.0 Å². The number of nitrogens with one attached hydrogen (secondary N) is 4. The van der Waals surface area contributed by atoms with Crippen LogP contribution in [0.2, 0.25) is 0 Å². The lowest BCUT2D eigenvalue weighted by molar-refractivity contribution is -0.151. The molecule has 0 aliphatic carbocycles. The van der Waals surface area contributed by atoms with Crippen molar-refractivity contribution in [3.05, 3.63) is 77.9 Å². The number of unbranched alkanes of at least 4 members (excludes halogenated alkanes) is 2. The standard InChI is InChI=1S/C62H94N8O17/c1-10-48(72)43(7)85-42(6)37-61(8,82)28-14-16-40(4)55-41(5)19-24-49(62(9,83)29-27-46(71)36-53(76)87-55)86-60(81)69-34-32-68(33-35-69)59(80)84-38-44-20-22-45(23-21-44)65-56(77)47(17-15-30-64-58(63)79)66-57(78)54(39(2)3)67-50(73)18-12-11-13-31-70-51(74)25-26-52(70)75/h14,16,19-26,28,39,41-43,46-49,54-55,71-72,82-83H,10-13,15,17-18,27,29-38H2,1-9H3,(H,65,77)(H,66,78)(H,67,73)(H3,63,64,79)/b24-19+,28-14+,40-16+/t41-,42-,43?,46+,47-,48-,49-,54-,55+,61?,62+/m0/s1. The van der Waals surface area contributed by atoms with Gasteiger partial charge in [0.25, 0.3) is 11.8 Å². The predicted octanol–water partition coefficient (Wildman–Crippen LogP) is 4.55. The maximum absolute atomic E-state index is 13.7. The minimum absolute atomic E-state index is 0.0111. The molecule has 3 heterocycles. The van der Waals surface area contributed by atoms with E-state index in [1.807, 2.05) is 13.8 Å². The Balaban J connectivity index is 1.30. The number of anilines is 1. The van der Waals surface area contributed by atoms with Gasteiger partial charge in [-0.05, 0) is 115 Å². The van der Waals surface area contributed by atoms with Gasteiger partial charge in [-0.3, -0.25) is 33.7 Å². The van der Waals surface area contributed by atoms with Gasteiger partial charge in [-0.1, -0.05) is 70.6 Å². The number of carbonyl (C=O) groups excluding carboxylic acids is 9. The van der Waals surface area contributed by atoms with E-state index in [4.69, 9.17) is 24.7 Å². The molecule has 3 aliphatic heterocycles. The number of benzene rings is 1. The van der Waals surface area contributed by atoms with Crippen molar-refractivity contribution in [3.8, 4) is 0 Å². The molecule has 87 heavy (non-hydrogen) atoms. The molecule has 2 unspecified atom stereocenters. The lowest BCUT2D eigenvalue weighted by Crippen LogP contribution is -2.54. The van der Waals surface area contributed by atoms with Crippen LogP contribution in [0.15, 0.2) is 72.4 Å². The first-order valence-electron chi connectivity index (χ1n) is 30.1. The number of nitrogens with zero attached hydrogens (tertiary/aromatic N) is 3. The van der Waals surface area contributed by atoms with Crippen molar-refractivity contribution < 1.29 is 82.5 Å². The highest BCUT2D eigenvalue weighted by Crippen LogP contribution is 2.28. The average Bonchev–Trinajstić information content (AvgIpc) is 3.85. The van der Waals surface area contributed by atoms with E-state index in [0.29, 0.717) is 42.5 Å². The zero-order valence-corrected chi connectivity index (χ0v) is 51.9. The third kappa shape index (κ3) is 24.8. The minimum Gasteiger partial charge on any atom is -0.457 e. The summed E-state index contributed by atoms with van der Waals surface area (Å²) in [5.74, 6) is -3.83. The Morgan fingerprint density at radius 2 is 1.55 bits per heavy atom. The van der Waals surface area contributed by atoms with E-state index in [1.54, 1.807) is 90.1 Å². The van der Waals surface area contributed by atoms with Crippen molar-refractivity contribution in [2.45, 2.75) is 199 Å². The molecule has 11 atom stereocenters. The molecule has 3 aliphatic rings. The molecule has 25 nitrogen and oxygen atoms in total. The van der Waals surface area contributed by atoms with Gasteiger partial charge in [-0.25, -0.2) is 14.4 Å². The largest absolute Gasteiger partial charge is 0.457 e. The topological polar surface area (TPSA) is 355 Å². The van der Waals surface area contributed by atoms with Crippen LogP contribution in [0.25, 0.3) is 0 Å². The number of cyclic esters (lactones) is 1. The summed E-state index contributed by atoms with van der Waals surface area (Å²) in [6.45, 7) is 16.2. The van der Waals surface area contributed by atoms with Crippen molar-refractivity contribution in [2.75, 3.05) is 44.6 Å². The molecule has 484 valence electrons. The zero-order valence-electron chi connectivity index (χ0n) is 51.9. The van der Waals surface area contributed by atoms with Gasteiger partial charge in [0.2, 0.25) is 17.7 Å². The van der Waals surface area contributed by atoms with Crippen LogP contribution in [0.4, 0.5) is 20.1 Å². The molecule has 4 rings (SSSR count). The summed E-state index contributed by atoms with van der Waals surface area (Å²) in [4.78, 5) is 119. The molecule has 25 heteroatoms. The van der Waals surface area contributed by atoms with Crippen LogP contribution >= 0.6 is 0 Å². The first-order valence-corrected chi connectivity index (χ1v) is 30.1. The van der Waals surface area contributed by atoms with Crippen molar-refractivity contribution >= 4 is 59.4 Å². The van der Waals surface area contributed by atoms with Crippen LogP contribution in [0, 0.1) is 11.8 Å². The van der Waals surface area contributed by atoms with Gasteiger partial charge in [0, 0.05) is 75.9 Å². The summed E-state index contributed by atoms with van der Waals surface area (Å²) >= 11 is 0. The van der Waals surface area contributed by atoms with E-state index < -0.39 is 95.7 Å². The second-order valence-electron chi connectivity index (χ2n) is 23.6. The summed E-state index contributed by atoms with van der Waals surface area (Å²) in [5, 5.41) is 54.5. The monoisotopic (exact) mass is 1220 g/mol. The van der Waals surface area contributed by atoms with E-state index in [0.717, 1.165) is 4.90 Å². The number of hydrogen-bond donors (Lipinski definition) is 9. The fourth-order valence-corrected chi connectivity index (χ4v) is 10.1. The molecule has 0 aromatic heterocycles. The average molecular weight is 1220 g/mol. The number of rotatable bonds is 28. The summed E-state index contributed by atoms with van der Waals surface area (Å²) in [7, 11) is 0. The molecule has 1 aromatic carbocycles. The van der Waals surface area contributed by atoms with E-state index in [1.165, 1.54) is 35.0 Å². The van der Waals surface area contributed by atoms with Crippen molar-refractivity contribution in [2.24, 2.45) is 17.6 Å². The normalized spacial score (nSPS) is 23.3. The molecule has 1 aromatic rings. The molecule has 0 bridgehead atoms. The number of ether oxygens (including phenoxy) is 4. The summed E-state index contributed by atoms with van der Waals surface area (Å²) < 4.78 is 23.3. The zero-order chi connectivity index (χ0) is 64.6. The van der Waals surface area contributed by atoms with Crippen molar-refractivity contribution in [1.29, 1.82) is 0 Å². The number of amides is 9. The lowest BCUT2D eigenvalue weighted by atomic mass is 9.88. The third-order valence-electron chi connectivity index (χ3n) is 15.4. The maximum atomic E-state index is 13.7. The number of urea groups is 1. The van der Waals surface area contributed by atoms with Gasteiger partial charge < -0.3 is 76.2 Å². The second-order valence-corrected chi connectivity index (χ2v) is 23.6. The molecular formula is C62H94N8O17. The minimum atomic E-state index is -1.68. The Morgan fingerprint density at radius 3 is 2.17 bits per heavy atom.